The van der Waals surface area contributed by atoms with Gasteiger partial charge in [0.15, 0.2) is 0 Å². The molecule has 2 aromatic rings. The van der Waals surface area contributed by atoms with E-state index >= 15 is 0 Å². The van der Waals surface area contributed by atoms with Crippen molar-refractivity contribution >= 4 is 17.2 Å². The second kappa shape index (κ2) is 10.0. The Kier molecular flexibility index (Phi) is 7.18. The molecule has 0 N–H and O–H groups in total. The molecule has 1 saturated carbocycles. The number of hydrogen-bond donors (Lipinski definition) is 0. The van der Waals surface area contributed by atoms with Crippen molar-refractivity contribution in [1.29, 1.82) is 0 Å². The van der Waals surface area contributed by atoms with E-state index in [4.69, 9.17) is 4.98 Å². The lowest BCUT2D eigenvalue weighted by molar-refractivity contribution is -0.131. The number of piperazine rings is 1. The van der Waals surface area contributed by atoms with Gasteiger partial charge in [-0.15, -0.1) is 11.3 Å². The van der Waals surface area contributed by atoms with E-state index < -0.39 is 0 Å². The number of rotatable bonds is 6. The summed E-state index contributed by atoms with van der Waals surface area (Å²) in [6.45, 7) is 5.51. The zero-order valence-electron chi connectivity index (χ0n) is 18.3. The monoisotopic (exact) mass is 426 g/mol. The fourth-order valence-electron chi connectivity index (χ4n) is 4.54. The number of aromatic nitrogens is 1. The maximum absolute atomic E-state index is 12.7. The summed E-state index contributed by atoms with van der Waals surface area (Å²) in [5.41, 5.74) is 3.39. The van der Waals surface area contributed by atoms with E-state index in [9.17, 15) is 4.79 Å². The zero-order chi connectivity index (χ0) is 20.9. The average Bonchev–Trinajstić information content (AvgIpc) is 3.24. The Hall–Kier alpha value is -1.76. The van der Waals surface area contributed by atoms with E-state index in [1.165, 1.54) is 24.8 Å². The highest BCUT2D eigenvalue weighted by molar-refractivity contribution is 7.13. The van der Waals surface area contributed by atoms with Crippen molar-refractivity contribution in [3.05, 3.63) is 40.9 Å². The maximum atomic E-state index is 12.7. The molecule has 0 bridgehead atoms. The van der Waals surface area contributed by atoms with Gasteiger partial charge in [-0.3, -0.25) is 9.69 Å². The first-order chi connectivity index (χ1) is 14.6. The van der Waals surface area contributed by atoms with E-state index in [1.807, 2.05) is 11.9 Å². The van der Waals surface area contributed by atoms with Crippen molar-refractivity contribution in [2.45, 2.75) is 51.1 Å². The second-order valence-electron chi connectivity index (χ2n) is 8.90. The summed E-state index contributed by atoms with van der Waals surface area (Å²) in [5.74, 6) is 0.197. The standard InChI is InChI=1S/C24H34N4OS/c1-26-11-13-28(14-12-26)17-19-7-6-8-20(15-19)24-25-21(18-30-24)16-23(29)27(2)22-9-4-3-5-10-22/h6-8,15,18,22H,3-5,9-14,16-17H2,1-2H3. The van der Waals surface area contributed by atoms with E-state index in [0.29, 0.717) is 12.5 Å². The van der Waals surface area contributed by atoms with Crippen LogP contribution in [0.15, 0.2) is 29.6 Å². The summed E-state index contributed by atoms with van der Waals surface area (Å²) in [6.07, 6.45) is 6.49. The third-order valence-corrected chi connectivity index (χ3v) is 7.52. The summed E-state index contributed by atoms with van der Waals surface area (Å²) in [7, 11) is 4.16. The second-order valence-corrected chi connectivity index (χ2v) is 9.76. The first-order valence-corrected chi connectivity index (χ1v) is 12.2. The van der Waals surface area contributed by atoms with E-state index in [1.54, 1.807) is 11.3 Å². The first kappa shape index (κ1) is 21.5. The van der Waals surface area contributed by atoms with Crippen LogP contribution in [0.2, 0.25) is 0 Å². The lowest BCUT2D eigenvalue weighted by Crippen LogP contribution is -2.43. The first-order valence-electron chi connectivity index (χ1n) is 11.3. The van der Waals surface area contributed by atoms with Gasteiger partial charge < -0.3 is 9.80 Å². The molecule has 0 radical (unpaired) electrons. The molecule has 1 aromatic heterocycles. The molecule has 1 aliphatic heterocycles. The number of hydrogen-bond acceptors (Lipinski definition) is 5. The van der Waals surface area contributed by atoms with E-state index in [-0.39, 0.29) is 5.91 Å². The Balaban J connectivity index is 1.37. The van der Waals surface area contributed by atoms with Gasteiger partial charge in [0, 0.05) is 56.8 Å². The lowest BCUT2D eigenvalue weighted by Gasteiger charge is -2.32. The Morgan fingerprint density at radius 2 is 1.93 bits per heavy atom. The van der Waals surface area contributed by atoms with Gasteiger partial charge in [0.1, 0.15) is 5.01 Å². The number of benzene rings is 1. The third-order valence-electron chi connectivity index (χ3n) is 6.58. The molecule has 1 saturated heterocycles. The fourth-order valence-corrected chi connectivity index (χ4v) is 5.36. The van der Waals surface area contributed by atoms with Crippen molar-refractivity contribution in [1.82, 2.24) is 19.7 Å². The Bertz CT molecular complexity index is 837. The van der Waals surface area contributed by atoms with Crippen LogP contribution in [0.3, 0.4) is 0 Å². The molecule has 2 heterocycles. The number of amides is 1. The van der Waals surface area contributed by atoms with Gasteiger partial charge in [0.2, 0.25) is 5.91 Å². The zero-order valence-corrected chi connectivity index (χ0v) is 19.2. The molecule has 2 fully saturated rings. The van der Waals surface area contributed by atoms with Gasteiger partial charge in [-0.2, -0.15) is 0 Å². The molecule has 1 amide bonds. The molecule has 30 heavy (non-hydrogen) atoms. The normalized spacial score (nSPS) is 19.1. The largest absolute Gasteiger partial charge is 0.342 e. The number of carbonyl (C=O) groups is 1. The van der Waals surface area contributed by atoms with Crippen molar-refractivity contribution in [3.63, 3.8) is 0 Å². The number of carbonyl (C=O) groups excluding carboxylic acids is 1. The minimum Gasteiger partial charge on any atom is -0.342 e. The van der Waals surface area contributed by atoms with Crippen LogP contribution in [0.4, 0.5) is 0 Å². The molecule has 0 spiro atoms. The fraction of sp³-hybridized carbons (Fsp3) is 0.583. The lowest BCUT2D eigenvalue weighted by atomic mass is 9.94. The van der Waals surface area contributed by atoms with Crippen molar-refractivity contribution < 1.29 is 4.79 Å². The highest BCUT2D eigenvalue weighted by Gasteiger charge is 2.23. The molecule has 2 aliphatic rings. The topological polar surface area (TPSA) is 39.7 Å². The Labute approximate surface area is 184 Å². The van der Waals surface area contributed by atoms with Crippen LogP contribution in [-0.2, 0) is 17.8 Å². The van der Waals surface area contributed by atoms with Crippen LogP contribution in [0.25, 0.3) is 10.6 Å². The summed E-state index contributed by atoms with van der Waals surface area (Å²) < 4.78 is 0. The van der Waals surface area contributed by atoms with Gasteiger partial charge in [0.05, 0.1) is 12.1 Å². The Morgan fingerprint density at radius 1 is 1.17 bits per heavy atom. The molecule has 0 atom stereocenters. The summed E-state index contributed by atoms with van der Waals surface area (Å²) in [6, 6.07) is 9.14. The van der Waals surface area contributed by atoms with Crippen LogP contribution in [-0.4, -0.2) is 71.9 Å². The molecule has 5 nitrogen and oxygen atoms in total. The van der Waals surface area contributed by atoms with Gasteiger partial charge in [-0.1, -0.05) is 37.5 Å². The van der Waals surface area contributed by atoms with Gasteiger partial charge >= 0.3 is 0 Å². The minimum absolute atomic E-state index is 0.197. The smallest absolute Gasteiger partial charge is 0.228 e. The van der Waals surface area contributed by atoms with Gasteiger partial charge in [-0.25, -0.2) is 4.98 Å². The molecule has 4 rings (SSSR count). The predicted octanol–water partition coefficient (Wildman–Crippen LogP) is 3.89. The molecule has 0 unspecified atom stereocenters. The third kappa shape index (κ3) is 5.48. The quantitative estimate of drug-likeness (QED) is 0.703. The van der Waals surface area contributed by atoms with Crippen LogP contribution in [0.5, 0.6) is 0 Å². The molecule has 6 heteroatoms. The van der Waals surface area contributed by atoms with Crippen molar-refractivity contribution in [2.24, 2.45) is 0 Å². The summed E-state index contributed by atoms with van der Waals surface area (Å²) in [4.78, 5) is 24.4. The maximum Gasteiger partial charge on any atom is 0.228 e. The molecule has 1 aliphatic carbocycles. The Morgan fingerprint density at radius 3 is 2.70 bits per heavy atom. The van der Waals surface area contributed by atoms with Crippen molar-refractivity contribution in [2.75, 3.05) is 40.3 Å². The minimum atomic E-state index is 0.197. The predicted molar refractivity (Wildman–Crippen MR) is 124 cm³/mol. The number of thiazole rings is 1. The van der Waals surface area contributed by atoms with Crippen LogP contribution >= 0.6 is 11.3 Å². The van der Waals surface area contributed by atoms with Gasteiger partial charge in [0.25, 0.3) is 0 Å². The van der Waals surface area contributed by atoms with E-state index in [2.05, 4.69) is 46.5 Å². The molecular weight excluding hydrogens is 392 g/mol. The number of nitrogens with zero attached hydrogens (tertiary/aromatic N) is 4. The highest BCUT2D eigenvalue weighted by atomic mass is 32.1. The van der Waals surface area contributed by atoms with Crippen LogP contribution in [0, 0.1) is 0 Å². The van der Waals surface area contributed by atoms with Gasteiger partial charge in [-0.05, 0) is 31.5 Å². The SMILES string of the molecule is CN1CCN(Cc2cccc(-c3nc(CC(=O)N(C)C4CCCCC4)cs3)c2)CC1. The molecular formula is C24H34N4OS. The molecule has 162 valence electrons. The van der Waals surface area contributed by atoms with Crippen LogP contribution < -0.4 is 0 Å². The van der Waals surface area contributed by atoms with E-state index in [0.717, 1.165) is 61.8 Å². The summed E-state index contributed by atoms with van der Waals surface area (Å²) >= 11 is 1.64. The van der Waals surface area contributed by atoms with Crippen LogP contribution in [0.1, 0.15) is 43.4 Å². The number of likely N-dealkylation sites (N-methyl/N-ethyl adjacent to an activating group) is 2. The summed E-state index contributed by atoms with van der Waals surface area (Å²) in [5, 5.41) is 3.06. The highest BCUT2D eigenvalue weighted by Crippen LogP contribution is 2.26. The molecule has 1 aromatic carbocycles. The van der Waals surface area contributed by atoms with Crippen molar-refractivity contribution in [3.8, 4) is 10.6 Å². The average molecular weight is 427 g/mol.